The van der Waals surface area contributed by atoms with Crippen LogP contribution in [0, 0.1) is 5.41 Å². The molecule has 106 valence electrons. The average Bonchev–Trinajstić information content (AvgIpc) is 2.90. The highest BCUT2D eigenvalue weighted by Crippen LogP contribution is 2.14. The second-order valence-corrected chi connectivity index (χ2v) is 5.87. The second kappa shape index (κ2) is 5.77. The van der Waals surface area contributed by atoms with Crippen molar-refractivity contribution in [2.45, 2.75) is 20.8 Å². The van der Waals surface area contributed by atoms with Gasteiger partial charge in [0, 0.05) is 24.6 Å². The SMILES string of the molecule is CC(C)(C)CNC(=O)Nc1cccc(-n2cccn2)c1. The third-order valence-corrected chi connectivity index (χ3v) is 2.65. The highest BCUT2D eigenvalue weighted by molar-refractivity contribution is 5.89. The molecule has 5 heteroatoms. The molecule has 1 heterocycles. The van der Waals surface area contributed by atoms with E-state index in [1.165, 1.54) is 0 Å². The summed E-state index contributed by atoms with van der Waals surface area (Å²) in [4.78, 5) is 11.8. The van der Waals surface area contributed by atoms with Crippen molar-refractivity contribution in [3.8, 4) is 5.69 Å². The Morgan fingerprint density at radius 3 is 2.75 bits per heavy atom. The summed E-state index contributed by atoms with van der Waals surface area (Å²) < 4.78 is 1.75. The summed E-state index contributed by atoms with van der Waals surface area (Å²) in [6.45, 7) is 6.85. The van der Waals surface area contributed by atoms with Gasteiger partial charge in [-0.3, -0.25) is 0 Å². The first kappa shape index (κ1) is 14.1. The van der Waals surface area contributed by atoms with Crippen LogP contribution in [-0.2, 0) is 0 Å². The van der Waals surface area contributed by atoms with Crippen LogP contribution in [-0.4, -0.2) is 22.4 Å². The van der Waals surface area contributed by atoms with Gasteiger partial charge in [-0.1, -0.05) is 26.8 Å². The summed E-state index contributed by atoms with van der Waals surface area (Å²) in [5, 5.41) is 9.84. The van der Waals surface area contributed by atoms with E-state index in [2.05, 4.69) is 36.5 Å². The van der Waals surface area contributed by atoms with Gasteiger partial charge in [-0.15, -0.1) is 0 Å². The second-order valence-electron chi connectivity index (χ2n) is 5.87. The van der Waals surface area contributed by atoms with Gasteiger partial charge in [0.25, 0.3) is 0 Å². The zero-order valence-corrected chi connectivity index (χ0v) is 12.1. The molecule has 0 radical (unpaired) electrons. The Hall–Kier alpha value is -2.30. The van der Waals surface area contributed by atoms with E-state index in [9.17, 15) is 4.79 Å². The molecule has 5 nitrogen and oxygen atoms in total. The van der Waals surface area contributed by atoms with Crippen LogP contribution in [0.5, 0.6) is 0 Å². The number of rotatable bonds is 3. The van der Waals surface area contributed by atoms with Crippen molar-refractivity contribution in [2.24, 2.45) is 5.41 Å². The summed E-state index contributed by atoms with van der Waals surface area (Å²) in [6.07, 6.45) is 3.58. The van der Waals surface area contributed by atoms with E-state index in [0.29, 0.717) is 6.54 Å². The third-order valence-electron chi connectivity index (χ3n) is 2.65. The third kappa shape index (κ3) is 4.12. The van der Waals surface area contributed by atoms with Gasteiger partial charge in [0.05, 0.1) is 5.69 Å². The molecule has 2 N–H and O–H groups in total. The highest BCUT2D eigenvalue weighted by atomic mass is 16.2. The minimum atomic E-state index is -0.197. The number of carbonyl (C=O) groups is 1. The number of benzene rings is 1. The van der Waals surface area contributed by atoms with E-state index in [1.54, 1.807) is 10.9 Å². The van der Waals surface area contributed by atoms with Crippen LogP contribution in [0.3, 0.4) is 0 Å². The minimum Gasteiger partial charge on any atom is -0.337 e. The fourth-order valence-corrected chi connectivity index (χ4v) is 1.67. The Morgan fingerprint density at radius 1 is 1.30 bits per heavy atom. The normalized spacial score (nSPS) is 11.2. The Morgan fingerprint density at radius 2 is 2.10 bits per heavy atom. The lowest BCUT2D eigenvalue weighted by atomic mass is 9.97. The Bertz CT molecular complexity index is 570. The van der Waals surface area contributed by atoms with Crippen molar-refractivity contribution in [3.63, 3.8) is 0 Å². The number of aromatic nitrogens is 2. The van der Waals surface area contributed by atoms with Crippen LogP contribution in [0.15, 0.2) is 42.7 Å². The zero-order chi connectivity index (χ0) is 14.6. The summed E-state index contributed by atoms with van der Waals surface area (Å²) in [5.41, 5.74) is 1.71. The van der Waals surface area contributed by atoms with Crippen molar-refractivity contribution in [2.75, 3.05) is 11.9 Å². The number of hydrogen-bond donors (Lipinski definition) is 2. The van der Waals surface area contributed by atoms with Gasteiger partial charge in [-0.05, 0) is 29.7 Å². The molecular formula is C15H20N4O. The van der Waals surface area contributed by atoms with E-state index in [4.69, 9.17) is 0 Å². The first-order valence-corrected chi connectivity index (χ1v) is 6.59. The van der Waals surface area contributed by atoms with Crippen LogP contribution in [0.1, 0.15) is 20.8 Å². The summed E-state index contributed by atoms with van der Waals surface area (Å²) in [7, 11) is 0. The minimum absolute atomic E-state index is 0.0637. The maximum Gasteiger partial charge on any atom is 0.319 e. The molecule has 20 heavy (non-hydrogen) atoms. The highest BCUT2D eigenvalue weighted by Gasteiger charge is 2.11. The molecule has 0 saturated heterocycles. The summed E-state index contributed by atoms with van der Waals surface area (Å²) in [5.74, 6) is 0. The molecule has 2 rings (SSSR count). The fraction of sp³-hybridized carbons (Fsp3) is 0.333. The lowest BCUT2D eigenvalue weighted by Gasteiger charge is -2.19. The molecule has 2 amide bonds. The predicted molar refractivity (Wildman–Crippen MR) is 80.0 cm³/mol. The maximum absolute atomic E-state index is 11.8. The molecule has 0 aliphatic carbocycles. The molecule has 0 unspecified atom stereocenters. The Labute approximate surface area is 119 Å². The quantitative estimate of drug-likeness (QED) is 0.902. The largest absolute Gasteiger partial charge is 0.337 e. The molecule has 0 aliphatic rings. The number of nitrogens with zero attached hydrogens (tertiary/aromatic N) is 2. The van der Waals surface area contributed by atoms with Crippen LogP contribution >= 0.6 is 0 Å². The predicted octanol–water partition coefficient (Wildman–Crippen LogP) is 3.04. The van der Waals surface area contributed by atoms with Crippen molar-refractivity contribution < 1.29 is 4.79 Å². The van der Waals surface area contributed by atoms with E-state index >= 15 is 0 Å². The standard InChI is InChI=1S/C15H20N4O/c1-15(2,3)11-16-14(20)18-12-6-4-7-13(10-12)19-9-5-8-17-19/h4-10H,11H2,1-3H3,(H2,16,18,20). The topological polar surface area (TPSA) is 59.0 Å². The molecule has 0 fully saturated rings. The number of anilines is 1. The Balaban J connectivity index is 2.00. The van der Waals surface area contributed by atoms with Crippen molar-refractivity contribution in [3.05, 3.63) is 42.7 Å². The van der Waals surface area contributed by atoms with Gasteiger partial charge in [0.2, 0.25) is 0 Å². The zero-order valence-electron chi connectivity index (χ0n) is 12.1. The number of amides is 2. The van der Waals surface area contributed by atoms with Crippen molar-refractivity contribution >= 4 is 11.7 Å². The van der Waals surface area contributed by atoms with Gasteiger partial charge in [0.15, 0.2) is 0 Å². The average molecular weight is 272 g/mol. The van der Waals surface area contributed by atoms with Crippen LogP contribution in [0.2, 0.25) is 0 Å². The van der Waals surface area contributed by atoms with E-state index in [0.717, 1.165) is 11.4 Å². The van der Waals surface area contributed by atoms with Crippen molar-refractivity contribution in [1.82, 2.24) is 15.1 Å². The van der Waals surface area contributed by atoms with E-state index in [-0.39, 0.29) is 11.4 Å². The van der Waals surface area contributed by atoms with E-state index in [1.807, 2.05) is 36.5 Å². The number of urea groups is 1. The van der Waals surface area contributed by atoms with Gasteiger partial charge in [-0.25, -0.2) is 9.48 Å². The Kier molecular flexibility index (Phi) is 4.08. The van der Waals surface area contributed by atoms with Crippen LogP contribution in [0.4, 0.5) is 10.5 Å². The van der Waals surface area contributed by atoms with E-state index < -0.39 is 0 Å². The molecular weight excluding hydrogens is 252 g/mol. The lowest BCUT2D eigenvalue weighted by molar-refractivity contribution is 0.247. The molecule has 1 aromatic carbocycles. The van der Waals surface area contributed by atoms with Gasteiger partial charge in [-0.2, -0.15) is 5.10 Å². The van der Waals surface area contributed by atoms with Gasteiger partial charge >= 0.3 is 6.03 Å². The maximum atomic E-state index is 11.8. The lowest BCUT2D eigenvalue weighted by Crippen LogP contribution is -2.35. The fourth-order valence-electron chi connectivity index (χ4n) is 1.67. The molecule has 0 saturated carbocycles. The van der Waals surface area contributed by atoms with Crippen LogP contribution in [0.25, 0.3) is 5.69 Å². The molecule has 0 bridgehead atoms. The molecule has 0 aliphatic heterocycles. The van der Waals surface area contributed by atoms with Gasteiger partial charge < -0.3 is 10.6 Å². The summed E-state index contributed by atoms with van der Waals surface area (Å²) >= 11 is 0. The monoisotopic (exact) mass is 272 g/mol. The van der Waals surface area contributed by atoms with Gasteiger partial charge in [0.1, 0.15) is 0 Å². The molecule has 1 aromatic heterocycles. The number of carbonyl (C=O) groups excluding carboxylic acids is 1. The smallest absolute Gasteiger partial charge is 0.319 e. The first-order valence-electron chi connectivity index (χ1n) is 6.59. The summed E-state index contributed by atoms with van der Waals surface area (Å²) in [6, 6.07) is 9.21. The van der Waals surface area contributed by atoms with Crippen molar-refractivity contribution in [1.29, 1.82) is 0 Å². The number of nitrogens with one attached hydrogen (secondary N) is 2. The molecule has 2 aromatic rings. The molecule has 0 atom stereocenters. The molecule has 0 spiro atoms. The number of hydrogen-bond acceptors (Lipinski definition) is 2. The first-order chi connectivity index (χ1) is 9.44. The van der Waals surface area contributed by atoms with Crippen LogP contribution < -0.4 is 10.6 Å².